The molecule has 0 aliphatic carbocycles. The van der Waals surface area contributed by atoms with Crippen LogP contribution < -0.4 is 9.64 Å². The van der Waals surface area contributed by atoms with Crippen LogP contribution in [-0.4, -0.2) is 48.6 Å². The fourth-order valence-corrected chi connectivity index (χ4v) is 4.71. The highest BCUT2D eigenvalue weighted by Crippen LogP contribution is 2.33. The van der Waals surface area contributed by atoms with E-state index >= 15 is 0 Å². The van der Waals surface area contributed by atoms with Crippen molar-refractivity contribution in [3.8, 4) is 5.75 Å². The first kappa shape index (κ1) is 22.8. The fraction of sp³-hybridized carbons (Fsp3) is 0.364. The molecule has 0 bridgehead atoms. The maximum Gasteiger partial charge on any atom is 0.266 e. The Morgan fingerprint density at radius 3 is 2.43 bits per heavy atom. The van der Waals surface area contributed by atoms with Gasteiger partial charge in [-0.1, -0.05) is 48.4 Å². The number of benzene rings is 2. The van der Waals surface area contributed by atoms with Crippen LogP contribution in [0.15, 0.2) is 36.4 Å². The van der Waals surface area contributed by atoms with Crippen LogP contribution in [0.2, 0.25) is 10.0 Å². The lowest BCUT2D eigenvalue weighted by atomic mass is 10.2. The molecule has 3 aromatic rings. The Bertz CT molecular complexity index is 1000. The summed E-state index contributed by atoms with van der Waals surface area (Å²) in [5.74, 6) is 0.461. The molecular weight excluding hydrogens is 441 g/mol. The number of aryl methyl sites for hydroxylation is 1. The standard InChI is InChI=1S/C22H25Cl2N3O2S/c1-4-26(5-2)10-11-27(20(28)14-29-18-8-6-16(23)7-9-18)22-25-21-15(3)12-17(24)13-19(21)30-22/h6-9,12-13H,4-5,10-11,14H2,1-3H3. The molecule has 8 heteroatoms. The van der Waals surface area contributed by atoms with Crippen molar-refractivity contribution in [1.82, 2.24) is 9.88 Å². The molecule has 5 nitrogen and oxygen atoms in total. The smallest absolute Gasteiger partial charge is 0.266 e. The number of rotatable bonds is 9. The number of thiazole rings is 1. The third-order valence-corrected chi connectivity index (χ3v) is 6.38. The summed E-state index contributed by atoms with van der Waals surface area (Å²) in [5, 5.41) is 1.95. The number of hydrogen-bond acceptors (Lipinski definition) is 5. The summed E-state index contributed by atoms with van der Waals surface area (Å²) in [6, 6.07) is 10.7. The van der Waals surface area contributed by atoms with Gasteiger partial charge in [-0.15, -0.1) is 0 Å². The second-order valence-electron chi connectivity index (χ2n) is 6.88. The monoisotopic (exact) mass is 465 g/mol. The van der Waals surface area contributed by atoms with E-state index in [0.717, 1.165) is 35.4 Å². The van der Waals surface area contributed by atoms with E-state index in [-0.39, 0.29) is 12.5 Å². The minimum atomic E-state index is -0.139. The van der Waals surface area contributed by atoms with Gasteiger partial charge in [-0.05, 0) is 62.0 Å². The SMILES string of the molecule is CCN(CC)CCN(C(=O)COc1ccc(Cl)cc1)c1nc2c(C)cc(Cl)cc2s1. The number of ether oxygens (including phenoxy) is 1. The van der Waals surface area contributed by atoms with Crippen molar-refractivity contribution < 1.29 is 9.53 Å². The number of carbonyl (C=O) groups excluding carboxylic acids is 1. The van der Waals surface area contributed by atoms with E-state index in [1.807, 2.05) is 19.1 Å². The lowest BCUT2D eigenvalue weighted by Crippen LogP contribution is -2.41. The van der Waals surface area contributed by atoms with Crippen LogP contribution in [0.3, 0.4) is 0 Å². The molecule has 0 radical (unpaired) electrons. The van der Waals surface area contributed by atoms with Gasteiger partial charge >= 0.3 is 0 Å². The average molecular weight is 466 g/mol. The molecule has 0 aliphatic rings. The zero-order valence-electron chi connectivity index (χ0n) is 17.3. The Hall–Kier alpha value is -1.86. The Morgan fingerprint density at radius 2 is 1.77 bits per heavy atom. The normalized spacial score (nSPS) is 11.3. The number of amides is 1. The molecule has 1 heterocycles. The highest BCUT2D eigenvalue weighted by atomic mass is 35.5. The molecule has 0 aliphatic heterocycles. The van der Waals surface area contributed by atoms with E-state index in [1.165, 1.54) is 11.3 Å². The minimum absolute atomic E-state index is 0.0739. The summed E-state index contributed by atoms with van der Waals surface area (Å²) in [7, 11) is 0. The van der Waals surface area contributed by atoms with Crippen LogP contribution in [-0.2, 0) is 4.79 Å². The second kappa shape index (κ2) is 10.4. The molecule has 3 rings (SSSR count). The summed E-state index contributed by atoms with van der Waals surface area (Å²) in [6.07, 6.45) is 0. The summed E-state index contributed by atoms with van der Waals surface area (Å²) < 4.78 is 6.66. The van der Waals surface area contributed by atoms with Crippen LogP contribution in [0.4, 0.5) is 5.13 Å². The summed E-state index contributed by atoms with van der Waals surface area (Å²) in [4.78, 5) is 21.8. The Labute approximate surface area is 191 Å². The number of aromatic nitrogens is 1. The van der Waals surface area contributed by atoms with Crippen molar-refractivity contribution >= 4 is 55.8 Å². The predicted octanol–water partition coefficient (Wildman–Crippen LogP) is 5.67. The molecule has 2 aromatic carbocycles. The Morgan fingerprint density at radius 1 is 1.07 bits per heavy atom. The van der Waals surface area contributed by atoms with Gasteiger partial charge in [0.2, 0.25) is 0 Å². The van der Waals surface area contributed by atoms with Gasteiger partial charge in [-0.25, -0.2) is 4.98 Å². The Kier molecular flexibility index (Phi) is 7.94. The van der Waals surface area contributed by atoms with E-state index in [0.29, 0.717) is 27.5 Å². The molecule has 1 aromatic heterocycles. The van der Waals surface area contributed by atoms with Crippen LogP contribution in [0.25, 0.3) is 10.2 Å². The molecule has 0 unspecified atom stereocenters. The molecule has 0 N–H and O–H groups in total. The van der Waals surface area contributed by atoms with Crippen LogP contribution >= 0.6 is 34.5 Å². The van der Waals surface area contributed by atoms with Gasteiger partial charge in [0, 0.05) is 23.1 Å². The van der Waals surface area contributed by atoms with Gasteiger partial charge in [-0.3, -0.25) is 9.69 Å². The molecule has 0 saturated carbocycles. The topological polar surface area (TPSA) is 45.7 Å². The Balaban J connectivity index is 1.82. The molecule has 30 heavy (non-hydrogen) atoms. The van der Waals surface area contributed by atoms with E-state index < -0.39 is 0 Å². The number of hydrogen-bond donors (Lipinski definition) is 0. The van der Waals surface area contributed by atoms with Crippen LogP contribution in [0.1, 0.15) is 19.4 Å². The van der Waals surface area contributed by atoms with Gasteiger partial charge in [0.05, 0.1) is 10.2 Å². The molecular formula is C22H25Cl2N3O2S. The van der Waals surface area contributed by atoms with E-state index in [1.54, 1.807) is 29.2 Å². The molecule has 0 spiro atoms. The maximum atomic E-state index is 13.1. The highest BCUT2D eigenvalue weighted by molar-refractivity contribution is 7.22. The van der Waals surface area contributed by atoms with E-state index in [2.05, 4.69) is 18.7 Å². The molecule has 160 valence electrons. The average Bonchev–Trinajstić information content (AvgIpc) is 3.14. The summed E-state index contributed by atoms with van der Waals surface area (Å²) >= 11 is 13.6. The fourth-order valence-electron chi connectivity index (χ4n) is 3.12. The number of carbonyl (C=O) groups is 1. The number of anilines is 1. The maximum absolute atomic E-state index is 13.1. The second-order valence-corrected chi connectivity index (χ2v) is 8.76. The first-order chi connectivity index (χ1) is 14.4. The van der Waals surface area contributed by atoms with Gasteiger partial charge in [0.25, 0.3) is 5.91 Å². The zero-order valence-corrected chi connectivity index (χ0v) is 19.7. The molecule has 1 amide bonds. The molecule has 0 saturated heterocycles. The van der Waals surface area contributed by atoms with Crippen molar-refractivity contribution in [2.75, 3.05) is 37.7 Å². The number of nitrogens with zero attached hydrogens (tertiary/aromatic N) is 3. The zero-order chi connectivity index (χ0) is 21.7. The first-order valence-corrected chi connectivity index (χ1v) is 11.5. The van der Waals surface area contributed by atoms with Gasteiger partial charge < -0.3 is 9.64 Å². The largest absolute Gasteiger partial charge is 0.484 e. The van der Waals surface area contributed by atoms with Crippen molar-refractivity contribution in [2.24, 2.45) is 0 Å². The van der Waals surface area contributed by atoms with Crippen molar-refractivity contribution in [3.05, 3.63) is 52.0 Å². The lowest BCUT2D eigenvalue weighted by molar-refractivity contribution is -0.120. The van der Waals surface area contributed by atoms with Crippen molar-refractivity contribution in [3.63, 3.8) is 0 Å². The lowest BCUT2D eigenvalue weighted by Gasteiger charge is -2.24. The summed E-state index contributed by atoms with van der Waals surface area (Å²) in [6.45, 7) is 9.28. The van der Waals surface area contributed by atoms with Crippen LogP contribution in [0, 0.1) is 6.92 Å². The van der Waals surface area contributed by atoms with Crippen LogP contribution in [0.5, 0.6) is 5.75 Å². The molecule has 0 fully saturated rings. The van der Waals surface area contributed by atoms with Gasteiger partial charge in [-0.2, -0.15) is 0 Å². The number of likely N-dealkylation sites (N-methyl/N-ethyl adjacent to an activating group) is 1. The van der Waals surface area contributed by atoms with Crippen molar-refractivity contribution in [1.29, 1.82) is 0 Å². The highest BCUT2D eigenvalue weighted by Gasteiger charge is 2.21. The predicted molar refractivity (Wildman–Crippen MR) is 126 cm³/mol. The minimum Gasteiger partial charge on any atom is -0.484 e. The first-order valence-electron chi connectivity index (χ1n) is 9.89. The molecule has 0 atom stereocenters. The summed E-state index contributed by atoms with van der Waals surface area (Å²) in [5.41, 5.74) is 1.87. The third-order valence-electron chi connectivity index (χ3n) is 4.88. The van der Waals surface area contributed by atoms with Crippen molar-refractivity contribution in [2.45, 2.75) is 20.8 Å². The van der Waals surface area contributed by atoms with E-state index in [4.69, 9.17) is 32.9 Å². The van der Waals surface area contributed by atoms with Gasteiger partial charge in [0.1, 0.15) is 5.75 Å². The quantitative estimate of drug-likeness (QED) is 0.408. The number of fused-ring (bicyclic) bond motifs is 1. The van der Waals surface area contributed by atoms with E-state index in [9.17, 15) is 4.79 Å². The third kappa shape index (κ3) is 5.64. The van der Waals surface area contributed by atoms with Gasteiger partial charge in [0.15, 0.2) is 11.7 Å². The number of halogens is 2.